The van der Waals surface area contributed by atoms with Crippen LogP contribution in [-0.4, -0.2) is 5.71 Å². The van der Waals surface area contributed by atoms with Gasteiger partial charge in [-0.25, -0.2) is 4.39 Å². The summed E-state index contributed by atoms with van der Waals surface area (Å²) in [5.41, 5.74) is 5.14. The molecule has 1 aliphatic rings. The summed E-state index contributed by atoms with van der Waals surface area (Å²) in [6.45, 7) is 0. The number of para-hydroxylation sites is 1. The lowest BCUT2D eigenvalue weighted by Crippen LogP contribution is -2.16. The van der Waals surface area contributed by atoms with Gasteiger partial charge >= 0.3 is 0 Å². The van der Waals surface area contributed by atoms with Crippen molar-refractivity contribution in [1.29, 1.82) is 0 Å². The highest BCUT2D eigenvalue weighted by molar-refractivity contribution is 7.99. The molecule has 152 valence electrons. The van der Waals surface area contributed by atoms with E-state index in [2.05, 4.69) is 60.7 Å². The van der Waals surface area contributed by atoms with Gasteiger partial charge in [0.05, 0.1) is 5.69 Å². The molecule has 1 nitrogen and oxygen atoms in total. The van der Waals surface area contributed by atoms with Crippen LogP contribution < -0.4 is 0 Å². The molecule has 0 spiro atoms. The molecule has 0 N–H and O–H groups in total. The fraction of sp³-hybridized carbons (Fsp3) is 0.107. The highest BCUT2D eigenvalue weighted by Gasteiger charge is 2.29. The molecule has 0 bridgehead atoms. The van der Waals surface area contributed by atoms with Crippen molar-refractivity contribution in [2.75, 3.05) is 0 Å². The second kappa shape index (κ2) is 8.91. The van der Waals surface area contributed by atoms with Crippen molar-refractivity contribution in [3.63, 3.8) is 0 Å². The largest absolute Gasteiger partial charge is 0.256 e. The van der Waals surface area contributed by atoms with Crippen molar-refractivity contribution in [3.8, 4) is 0 Å². The number of thioether (sulfide) groups is 1. The Bertz CT molecular complexity index is 1160. The normalized spacial score (nSPS) is 15.8. The Morgan fingerprint density at radius 2 is 1.29 bits per heavy atom. The predicted octanol–water partition coefficient (Wildman–Crippen LogP) is 7.97. The van der Waals surface area contributed by atoms with Crippen molar-refractivity contribution in [2.24, 2.45) is 4.99 Å². The molecule has 0 unspecified atom stereocenters. The maximum atomic E-state index is 14.8. The molecule has 31 heavy (non-hydrogen) atoms. The zero-order valence-corrected chi connectivity index (χ0v) is 17.8. The van der Waals surface area contributed by atoms with E-state index in [0.29, 0.717) is 6.42 Å². The van der Waals surface area contributed by atoms with Gasteiger partial charge in [0.2, 0.25) is 0 Å². The van der Waals surface area contributed by atoms with E-state index in [4.69, 9.17) is 4.99 Å². The fourth-order valence-corrected chi connectivity index (χ4v) is 5.46. The second-order valence-corrected chi connectivity index (χ2v) is 8.90. The molecule has 3 heteroatoms. The quantitative estimate of drug-likeness (QED) is 0.324. The van der Waals surface area contributed by atoms with Gasteiger partial charge < -0.3 is 0 Å². The predicted molar refractivity (Wildman–Crippen MR) is 128 cm³/mol. The number of benzene rings is 4. The summed E-state index contributed by atoms with van der Waals surface area (Å²) < 4.78 is 14.8. The lowest BCUT2D eigenvalue weighted by Gasteiger charge is -2.23. The third kappa shape index (κ3) is 4.19. The van der Waals surface area contributed by atoms with E-state index in [1.807, 2.05) is 36.4 Å². The number of hydrogen-bond donors (Lipinski definition) is 0. The van der Waals surface area contributed by atoms with Crippen LogP contribution in [0.25, 0.3) is 0 Å². The Labute approximate surface area is 186 Å². The van der Waals surface area contributed by atoms with Crippen molar-refractivity contribution < 1.29 is 4.39 Å². The van der Waals surface area contributed by atoms with Crippen LogP contribution in [0.1, 0.15) is 34.3 Å². The van der Waals surface area contributed by atoms with Crippen molar-refractivity contribution in [3.05, 3.63) is 132 Å². The van der Waals surface area contributed by atoms with E-state index in [9.17, 15) is 4.39 Å². The smallest absolute Gasteiger partial charge is 0.127 e. The third-order valence-corrected chi connectivity index (χ3v) is 6.95. The Hall–Kier alpha value is -3.17. The van der Waals surface area contributed by atoms with Gasteiger partial charge in [0.25, 0.3) is 0 Å². The molecule has 0 fully saturated rings. The number of rotatable bonds is 4. The van der Waals surface area contributed by atoms with E-state index in [1.54, 1.807) is 23.9 Å². The second-order valence-electron chi connectivity index (χ2n) is 7.66. The topological polar surface area (TPSA) is 12.4 Å². The van der Waals surface area contributed by atoms with Crippen molar-refractivity contribution >= 4 is 23.2 Å². The van der Waals surface area contributed by atoms with E-state index >= 15 is 0 Å². The summed E-state index contributed by atoms with van der Waals surface area (Å²) in [7, 11) is 0. The molecule has 4 aromatic rings. The van der Waals surface area contributed by atoms with E-state index in [0.717, 1.165) is 21.9 Å². The average molecular weight is 424 g/mol. The molecule has 0 amide bonds. The molecule has 1 aliphatic heterocycles. The third-order valence-electron chi connectivity index (χ3n) is 5.64. The minimum Gasteiger partial charge on any atom is -0.256 e. The van der Waals surface area contributed by atoms with Gasteiger partial charge in [-0.3, -0.25) is 4.99 Å². The summed E-state index contributed by atoms with van der Waals surface area (Å²) in [6.07, 6.45) is 0.675. The Morgan fingerprint density at radius 1 is 0.710 bits per heavy atom. The van der Waals surface area contributed by atoms with Crippen molar-refractivity contribution in [2.45, 2.75) is 22.5 Å². The molecule has 1 atom stereocenters. The Kier molecular flexibility index (Phi) is 5.68. The standard InChI is InChI=1S/C28H22FNS/c29-23-16-8-7-15-22(23)27-19-25(30-24-17-9-10-18-26(24)31-27)28(20-11-3-1-4-12-20)21-13-5-2-6-14-21/h1-18,27-28H,19H2/t27-/m0/s1. The zero-order valence-electron chi connectivity index (χ0n) is 17.0. The molecule has 0 saturated carbocycles. The first-order chi connectivity index (χ1) is 15.3. The van der Waals surface area contributed by atoms with Crippen LogP contribution >= 0.6 is 11.8 Å². The summed E-state index contributed by atoms with van der Waals surface area (Å²) in [5, 5.41) is -0.0430. The minimum absolute atomic E-state index is 0.0171. The molecular weight excluding hydrogens is 401 g/mol. The lowest BCUT2D eigenvalue weighted by molar-refractivity contribution is 0.608. The maximum absolute atomic E-state index is 14.8. The van der Waals surface area contributed by atoms with Gasteiger partial charge in [0, 0.05) is 33.8 Å². The first-order valence-electron chi connectivity index (χ1n) is 10.5. The van der Waals surface area contributed by atoms with Crippen LogP contribution in [0.2, 0.25) is 0 Å². The Balaban J connectivity index is 1.67. The van der Waals surface area contributed by atoms with E-state index < -0.39 is 0 Å². The minimum atomic E-state index is -0.158. The van der Waals surface area contributed by atoms with Crippen LogP contribution in [0.4, 0.5) is 10.1 Å². The van der Waals surface area contributed by atoms with Crippen molar-refractivity contribution in [1.82, 2.24) is 0 Å². The average Bonchev–Trinajstić information content (AvgIpc) is 3.00. The highest BCUT2D eigenvalue weighted by atomic mass is 32.2. The molecule has 5 rings (SSSR count). The van der Waals surface area contributed by atoms with Gasteiger partial charge in [-0.1, -0.05) is 91.0 Å². The zero-order chi connectivity index (χ0) is 21.0. The van der Waals surface area contributed by atoms with Crippen LogP contribution in [0.15, 0.2) is 119 Å². The summed E-state index contributed by atoms with van der Waals surface area (Å²) >= 11 is 1.70. The Morgan fingerprint density at radius 3 is 1.97 bits per heavy atom. The first kappa shape index (κ1) is 19.8. The summed E-state index contributed by atoms with van der Waals surface area (Å²) in [6, 6.07) is 36.3. The summed E-state index contributed by atoms with van der Waals surface area (Å²) in [4.78, 5) is 6.26. The SMILES string of the molecule is Fc1ccccc1[C@@H]1CC(C(c2ccccc2)c2ccccc2)=Nc2ccccc2S1. The molecule has 1 heterocycles. The molecule has 4 aromatic carbocycles. The lowest BCUT2D eigenvalue weighted by atomic mass is 9.84. The number of aliphatic imine (C=N–C) groups is 1. The van der Waals surface area contributed by atoms with Gasteiger partial charge in [-0.05, 0) is 29.3 Å². The first-order valence-corrected chi connectivity index (χ1v) is 11.3. The monoisotopic (exact) mass is 423 g/mol. The molecule has 0 aromatic heterocycles. The van der Waals surface area contributed by atoms with Crippen LogP contribution in [0.3, 0.4) is 0 Å². The van der Waals surface area contributed by atoms with Gasteiger partial charge in [0.15, 0.2) is 0 Å². The molecular formula is C28H22FNS. The summed E-state index contributed by atoms with van der Waals surface area (Å²) in [5.74, 6) is -0.141. The molecule has 0 radical (unpaired) electrons. The maximum Gasteiger partial charge on any atom is 0.127 e. The number of halogens is 1. The van der Waals surface area contributed by atoms with Gasteiger partial charge in [-0.2, -0.15) is 0 Å². The van der Waals surface area contributed by atoms with Gasteiger partial charge in [0.1, 0.15) is 5.82 Å². The van der Waals surface area contributed by atoms with Crippen LogP contribution in [-0.2, 0) is 0 Å². The van der Waals surface area contributed by atoms with E-state index in [1.165, 1.54) is 11.1 Å². The van der Waals surface area contributed by atoms with E-state index in [-0.39, 0.29) is 17.0 Å². The fourth-order valence-electron chi connectivity index (χ4n) is 4.19. The van der Waals surface area contributed by atoms with Crippen LogP contribution in [0, 0.1) is 5.82 Å². The highest BCUT2D eigenvalue weighted by Crippen LogP contribution is 2.47. The molecule has 0 aliphatic carbocycles. The van der Waals surface area contributed by atoms with Gasteiger partial charge in [-0.15, -0.1) is 11.8 Å². The molecule has 0 saturated heterocycles. The number of nitrogens with zero attached hydrogens (tertiary/aromatic N) is 1. The number of hydrogen-bond acceptors (Lipinski definition) is 2. The van der Waals surface area contributed by atoms with Crippen LogP contribution in [0.5, 0.6) is 0 Å². The number of fused-ring (bicyclic) bond motifs is 1.